The number of pyridine rings is 1. The van der Waals surface area contributed by atoms with Crippen LogP contribution in [0.3, 0.4) is 0 Å². The van der Waals surface area contributed by atoms with Crippen LogP contribution >= 0.6 is 0 Å². The molecule has 2 aromatic heterocycles. The molecule has 2 saturated heterocycles. The third-order valence-electron chi connectivity index (χ3n) is 6.01. The number of nitrogens with zero attached hydrogens (tertiary/aromatic N) is 3. The lowest BCUT2D eigenvalue weighted by atomic mass is 10.1. The number of hydrogen-bond acceptors (Lipinski definition) is 4. The molecule has 0 aliphatic carbocycles. The van der Waals surface area contributed by atoms with Crippen molar-refractivity contribution in [3.05, 3.63) is 24.0 Å². The minimum atomic E-state index is -2.67. The van der Waals surface area contributed by atoms with E-state index in [1.807, 2.05) is 6.07 Å². The van der Waals surface area contributed by atoms with E-state index in [9.17, 15) is 13.6 Å². The molecule has 4 rings (SSSR count). The largest absolute Gasteiger partial charge is 0.492 e. The summed E-state index contributed by atoms with van der Waals surface area (Å²) in [5.74, 6) is -2.26. The van der Waals surface area contributed by atoms with E-state index >= 15 is 0 Å². The molecule has 2 aromatic rings. The number of nitrogens with one attached hydrogen (secondary N) is 1. The molecule has 6 nitrogen and oxygen atoms in total. The first-order valence-corrected chi connectivity index (χ1v) is 10.4. The average molecular weight is 406 g/mol. The maximum atomic E-state index is 13.3. The SMILES string of the molecule is C[C@H]1CCCN1CCCOc1cnc2[nH]c(C(=O)N3CCC(F)(F)CC3)cc2c1. The van der Waals surface area contributed by atoms with Crippen molar-refractivity contribution >= 4 is 16.9 Å². The number of carbonyl (C=O) groups is 1. The first-order valence-electron chi connectivity index (χ1n) is 10.4. The molecular weight excluding hydrogens is 378 g/mol. The van der Waals surface area contributed by atoms with E-state index in [-0.39, 0.29) is 31.8 Å². The first-order chi connectivity index (χ1) is 13.9. The van der Waals surface area contributed by atoms with E-state index in [1.54, 1.807) is 12.3 Å². The van der Waals surface area contributed by atoms with E-state index in [2.05, 4.69) is 21.8 Å². The van der Waals surface area contributed by atoms with Gasteiger partial charge in [0.05, 0.1) is 12.8 Å². The average Bonchev–Trinajstić information content (AvgIpc) is 3.30. The first kappa shape index (κ1) is 20.1. The lowest BCUT2D eigenvalue weighted by Gasteiger charge is -2.31. The van der Waals surface area contributed by atoms with Crippen molar-refractivity contribution in [1.29, 1.82) is 0 Å². The van der Waals surface area contributed by atoms with Crippen molar-refractivity contribution in [3.8, 4) is 5.75 Å². The molecular formula is C21H28F2N4O2. The molecule has 2 aliphatic heterocycles. The molecule has 29 heavy (non-hydrogen) atoms. The van der Waals surface area contributed by atoms with Gasteiger partial charge in [-0.2, -0.15) is 0 Å². The molecule has 0 radical (unpaired) electrons. The molecule has 158 valence electrons. The molecule has 0 saturated carbocycles. The summed E-state index contributed by atoms with van der Waals surface area (Å²) in [7, 11) is 0. The number of ether oxygens (including phenoxy) is 1. The van der Waals surface area contributed by atoms with Crippen molar-refractivity contribution in [2.75, 3.05) is 32.8 Å². The van der Waals surface area contributed by atoms with Gasteiger partial charge in [-0.15, -0.1) is 0 Å². The highest BCUT2D eigenvalue weighted by atomic mass is 19.3. The number of hydrogen-bond donors (Lipinski definition) is 1. The minimum absolute atomic E-state index is 0.0681. The molecule has 0 unspecified atom stereocenters. The van der Waals surface area contributed by atoms with E-state index in [4.69, 9.17) is 4.74 Å². The minimum Gasteiger partial charge on any atom is -0.492 e. The van der Waals surface area contributed by atoms with Crippen LogP contribution < -0.4 is 4.74 Å². The number of rotatable bonds is 6. The normalized spacial score (nSPS) is 22.3. The molecule has 0 aromatic carbocycles. The summed E-state index contributed by atoms with van der Waals surface area (Å²) in [5.41, 5.74) is 0.965. The highest BCUT2D eigenvalue weighted by Crippen LogP contribution is 2.29. The topological polar surface area (TPSA) is 61.5 Å². The quantitative estimate of drug-likeness (QED) is 0.744. The van der Waals surface area contributed by atoms with Gasteiger partial charge >= 0.3 is 0 Å². The van der Waals surface area contributed by atoms with Crippen LogP contribution in [0.2, 0.25) is 0 Å². The van der Waals surface area contributed by atoms with E-state index in [0.717, 1.165) is 18.4 Å². The molecule has 1 N–H and O–H groups in total. The van der Waals surface area contributed by atoms with Gasteiger partial charge in [0.25, 0.3) is 11.8 Å². The zero-order chi connectivity index (χ0) is 20.4. The number of fused-ring (bicyclic) bond motifs is 1. The molecule has 2 fully saturated rings. The predicted molar refractivity (Wildman–Crippen MR) is 107 cm³/mol. The van der Waals surface area contributed by atoms with Crippen LogP contribution in [0, 0.1) is 0 Å². The van der Waals surface area contributed by atoms with Gasteiger partial charge in [-0.1, -0.05) is 0 Å². The Bertz CT molecular complexity index is 859. The van der Waals surface area contributed by atoms with Crippen molar-refractivity contribution in [2.45, 2.75) is 51.0 Å². The maximum Gasteiger partial charge on any atom is 0.270 e. The second-order valence-corrected chi connectivity index (χ2v) is 8.17. The number of carbonyl (C=O) groups excluding carboxylic acids is 1. The fraction of sp³-hybridized carbons (Fsp3) is 0.619. The predicted octanol–water partition coefficient (Wildman–Crippen LogP) is 3.69. The molecule has 4 heterocycles. The van der Waals surface area contributed by atoms with Crippen molar-refractivity contribution in [2.24, 2.45) is 0 Å². The number of H-pyrrole nitrogens is 1. The molecule has 8 heteroatoms. The zero-order valence-electron chi connectivity index (χ0n) is 16.8. The van der Waals surface area contributed by atoms with Crippen LogP contribution in [0.25, 0.3) is 11.0 Å². The molecule has 1 amide bonds. The van der Waals surface area contributed by atoms with E-state index in [1.165, 1.54) is 24.3 Å². The summed E-state index contributed by atoms with van der Waals surface area (Å²) >= 11 is 0. The summed E-state index contributed by atoms with van der Waals surface area (Å²) in [6, 6.07) is 4.24. The van der Waals surface area contributed by atoms with Gasteiger partial charge < -0.3 is 19.5 Å². The van der Waals surface area contributed by atoms with Gasteiger partial charge in [-0.3, -0.25) is 4.79 Å². The standard InChI is InChI=1S/C21H28F2N4O2/c1-15-4-2-7-26(15)8-3-11-29-17-12-16-13-18(25-19(16)24-14-17)20(28)27-9-5-21(22,23)6-10-27/h12-15H,2-11H2,1H3,(H,24,25)/t15-/m0/s1. The van der Waals surface area contributed by atoms with Crippen molar-refractivity contribution in [1.82, 2.24) is 19.8 Å². The fourth-order valence-electron chi connectivity index (χ4n) is 4.18. The van der Waals surface area contributed by atoms with Crippen LogP contribution in [0.4, 0.5) is 8.78 Å². The van der Waals surface area contributed by atoms with Crippen LogP contribution in [-0.2, 0) is 0 Å². The summed E-state index contributed by atoms with van der Waals surface area (Å²) < 4.78 is 32.5. The van der Waals surface area contributed by atoms with Gasteiger partial charge in [0.2, 0.25) is 0 Å². The lowest BCUT2D eigenvalue weighted by molar-refractivity contribution is -0.0495. The Kier molecular flexibility index (Phi) is 5.72. The number of alkyl halides is 2. The molecule has 1 atom stereocenters. The molecule has 0 spiro atoms. The number of piperidine rings is 1. The van der Waals surface area contributed by atoms with Crippen LogP contribution in [0.15, 0.2) is 18.3 Å². The third kappa shape index (κ3) is 4.69. The fourth-order valence-corrected chi connectivity index (χ4v) is 4.18. The third-order valence-corrected chi connectivity index (χ3v) is 6.01. The highest BCUT2D eigenvalue weighted by molar-refractivity contribution is 5.97. The number of aromatic amines is 1. The zero-order valence-corrected chi connectivity index (χ0v) is 16.8. The van der Waals surface area contributed by atoms with Gasteiger partial charge in [-0.25, -0.2) is 13.8 Å². The number of amides is 1. The second-order valence-electron chi connectivity index (χ2n) is 8.17. The van der Waals surface area contributed by atoms with Gasteiger partial charge in [-0.05, 0) is 44.9 Å². The van der Waals surface area contributed by atoms with Crippen LogP contribution in [0.5, 0.6) is 5.75 Å². The summed E-state index contributed by atoms with van der Waals surface area (Å²) in [5, 5.41) is 0.779. The number of aromatic nitrogens is 2. The maximum absolute atomic E-state index is 13.3. The Balaban J connectivity index is 1.33. The second kappa shape index (κ2) is 8.26. The Hall–Kier alpha value is -2.22. The van der Waals surface area contributed by atoms with Crippen molar-refractivity contribution < 1.29 is 18.3 Å². The lowest BCUT2D eigenvalue weighted by Crippen LogP contribution is -2.42. The Morgan fingerprint density at radius 1 is 1.31 bits per heavy atom. The van der Waals surface area contributed by atoms with Gasteiger partial charge in [0.1, 0.15) is 17.1 Å². The monoisotopic (exact) mass is 406 g/mol. The summed E-state index contributed by atoms with van der Waals surface area (Å²) in [6.07, 6.45) is 4.58. The van der Waals surface area contributed by atoms with Crippen LogP contribution in [-0.4, -0.2) is 70.4 Å². The van der Waals surface area contributed by atoms with E-state index in [0.29, 0.717) is 29.7 Å². The van der Waals surface area contributed by atoms with Crippen LogP contribution in [0.1, 0.15) is 49.5 Å². The summed E-state index contributed by atoms with van der Waals surface area (Å²) in [6.45, 7) is 5.23. The Morgan fingerprint density at radius 2 is 2.10 bits per heavy atom. The Labute approximate surface area is 169 Å². The molecule has 2 aliphatic rings. The van der Waals surface area contributed by atoms with Gasteiger partial charge in [0, 0.05) is 43.9 Å². The Morgan fingerprint density at radius 3 is 2.83 bits per heavy atom. The smallest absolute Gasteiger partial charge is 0.270 e. The number of halogens is 2. The molecule has 0 bridgehead atoms. The summed E-state index contributed by atoms with van der Waals surface area (Å²) in [4.78, 5) is 23.9. The number of likely N-dealkylation sites (tertiary alicyclic amines) is 2. The van der Waals surface area contributed by atoms with Gasteiger partial charge in [0.15, 0.2) is 0 Å². The van der Waals surface area contributed by atoms with E-state index < -0.39 is 5.92 Å². The highest BCUT2D eigenvalue weighted by Gasteiger charge is 2.36. The van der Waals surface area contributed by atoms with Crippen molar-refractivity contribution in [3.63, 3.8) is 0 Å².